The Morgan fingerprint density at radius 1 is 1.10 bits per heavy atom. The van der Waals surface area contributed by atoms with Gasteiger partial charge in [0.25, 0.3) is 0 Å². The van der Waals surface area contributed by atoms with Crippen molar-refractivity contribution in [2.45, 2.75) is 30.3 Å². The van der Waals surface area contributed by atoms with Crippen molar-refractivity contribution in [2.75, 3.05) is 0 Å². The second kappa shape index (κ2) is 6.57. The summed E-state index contributed by atoms with van der Waals surface area (Å²) in [4.78, 5) is 0. The fraction of sp³-hybridized carbons (Fsp3) is 0.333. The van der Waals surface area contributed by atoms with Gasteiger partial charge in [-0.15, -0.1) is 0 Å². The SMILES string of the molecule is CC1=CC(C)[C]2=C1CCC1=Cc3ccccc3[CH]1[Zr+2]2.[Cl-].[Cl-]. The van der Waals surface area contributed by atoms with Crippen molar-refractivity contribution in [3.63, 3.8) is 0 Å². The van der Waals surface area contributed by atoms with E-state index in [0.29, 0.717) is 0 Å². The summed E-state index contributed by atoms with van der Waals surface area (Å²) in [5.74, 6) is 0.730. The molecule has 0 bridgehead atoms. The Morgan fingerprint density at radius 2 is 1.86 bits per heavy atom. The Labute approximate surface area is 151 Å². The van der Waals surface area contributed by atoms with Crippen molar-refractivity contribution in [1.82, 2.24) is 0 Å². The van der Waals surface area contributed by atoms with Gasteiger partial charge >= 0.3 is 127 Å². The molecule has 2 aliphatic carbocycles. The summed E-state index contributed by atoms with van der Waals surface area (Å²) in [6, 6.07) is 9.07. The smallest absolute Gasteiger partial charge is 1.00 e. The van der Waals surface area contributed by atoms with Gasteiger partial charge in [-0.25, -0.2) is 0 Å². The summed E-state index contributed by atoms with van der Waals surface area (Å²) in [6.07, 6.45) is 7.57. The molecule has 2 unspecified atom stereocenters. The molecule has 21 heavy (non-hydrogen) atoms. The van der Waals surface area contributed by atoms with E-state index in [4.69, 9.17) is 0 Å². The molecule has 3 aliphatic rings. The molecule has 0 nitrogen and oxygen atoms in total. The van der Waals surface area contributed by atoms with Crippen molar-refractivity contribution in [3.05, 3.63) is 61.5 Å². The topological polar surface area (TPSA) is 0 Å². The van der Waals surface area contributed by atoms with E-state index in [9.17, 15) is 0 Å². The maximum atomic E-state index is 2.50. The maximum Gasteiger partial charge on any atom is -1.00 e. The predicted molar refractivity (Wildman–Crippen MR) is 76.3 cm³/mol. The van der Waals surface area contributed by atoms with Crippen LogP contribution in [-0.4, -0.2) is 0 Å². The summed E-state index contributed by atoms with van der Waals surface area (Å²) < 4.78 is 2.71. The van der Waals surface area contributed by atoms with Gasteiger partial charge in [0, 0.05) is 0 Å². The van der Waals surface area contributed by atoms with Crippen molar-refractivity contribution < 1.29 is 48.0 Å². The fourth-order valence-corrected chi connectivity index (χ4v) is 8.68. The molecule has 1 heterocycles. The normalized spacial score (nSPS) is 24.9. The number of rotatable bonds is 0. The standard InChI is InChI=1S/C18H18.2ClH.Zr/c1-13-9-14(2)16(10-13)8-7-15-11-17-5-3-4-6-18(17)12-15;;;/h3-6,9,11-13H,7-8H2,1-2H3;2*1H;/q;;;+2/p-2. The molecule has 3 heteroatoms. The third kappa shape index (κ3) is 2.78. The van der Waals surface area contributed by atoms with Crippen LogP contribution in [0.15, 0.2) is 50.3 Å². The van der Waals surface area contributed by atoms with Crippen molar-refractivity contribution in [1.29, 1.82) is 0 Å². The van der Waals surface area contributed by atoms with Gasteiger partial charge in [0.05, 0.1) is 0 Å². The van der Waals surface area contributed by atoms with Crippen LogP contribution >= 0.6 is 0 Å². The number of hydrogen-bond donors (Lipinski definition) is 0. The summed E-state index contributed by atoms with van der Waals surface area (Å²) >= 11 is -0.519. The Hall–Kier alpha value is -0.0969. The minimum Gasteiger partial charge on any atom is -1.00 e. The zero-order valence-corrected chi connectivity index (χ0v) is 16.3. The predicted octanol–water partition coefficient (Wildman–Crippen LogP) is -1.14. The van der Waals surface area contributed by atoms with Gasteiger partial charge in [-0.1, -0.05) is 0 Å². The first kappa shape index (κ1) is 17.3. The van der Waals surface area contributed by atoms with Crippen LogP contribution in [0.4, 0.5) is 0 Å². The van der Waals surface area contributed by atoms with E-state index in [2.05, 4.69) is 50.3 Å². The molecule has 0 saturated heterocycles. The number of hydrogen-bond acceptors (Lipinski definition) is 0. The van der Waals surface area contributed by atoms with E-state index < -0.39 is 23.2 Å². The minimum absolute atomic E-state index is 0. The average Bonchev–Trinajstić information content (AvgIpc) is 2.79. The molecule has 0 aromatic heterocycles. The largest absolute Gasteiger partial charge is 1.00 e. The third-order valence-corrected chi connectivity index (χ3v) is 9.75. The third-order valence-electron chi connectivity index (χ3n) is 4.74. The van der Waals surface area contributed by atoms with Gasteiger partial charge in [-0.05, 0) is 0 Å². The van der Waals surface area contributed by atoms with Crippen molar-refractivity contribution in [2.24, 2.45) is 5.92 Å². The van der Waals surface area contributed by atoms with Crippen molar-refractivity contribution in [3.8, 4) is 0 Å². The molecule has 1 aromatic carbocycles. The van der Waals surface area contributed by atoms with Gasteiger partial charge in [-0.3, -0.25) is 0 Å². The molecular weight excluding hydrogens is 378 g/mol. The van der Waals surface area contributed by atoms with Crippen LogP contribution < -0.4 is 24.8 Å². The van der Waals surface area contributed by atoms with Gasteiger partial charge in [0.15, 0.2) is 0 Å². The summed E-state index contributed by atoms with van der Waals surface area (Å²) in [7, 11) is 0. The molecule has 108 valence electrons. The molecule has 0 N–H and O–H groups in total. The molecule has 0 amide bonds. The first-order valence-electron chi connectivity index (χ1n) is 7.22. The van der Waals surface area contributed by atoms with Crippen molar-refractivity contribution >= 4 is 6.08 Å². The quantitative estimate of drug-likeness (QED) is 0.520. The summed E-state index contributed by atoms with van der Waals surface area (Å²) in [5.41, 5.74) is 8.20. The van der Waals surface area contributed by atoms with Gasteiger partial charge < -0.3 is 24.8 Å². The number of allylic oxidation sites excluding steroid dienone is 5. The maximum absolute atomic E-state index is 2.50. The Morgan fingerprint density at radius 3 is 2.67 bits per heavy atom. The zero-order valence-electron chi connectivity index (χ0n) is 12.3. The van der Waals surface area contributed by atoms with Gasteiger partial charge in [0.2, 0.25) is 0 Å². The summed E-state index contributed by atoms with van der Waals surface area (Å²) in [5, 5.41) is 0. The van der Waals surface area contributed by atoms with E-state index in [0.717, 1.165) is 9.54 Å². The van der Waals surface area contributed by atoms with Crippen LogP contribution in [0.1, 0.15) is 41.4 Å². The van der Waals surface area contributed by atoms with Crippen LogP contribution in [0.3, 0.4) is 0 Å². The van der Waals surface area contributed by atoms with E-state index >= 15 is 0 Å². The first-order valence-corrected chi connectivity index (χ1v) is 9.86. The monoisotopic (exact) mass is 394 g/mol. The second-order valence-electron chi connectivity index (χ2n) is 5.96. The molecule has 0 fully saturated rings. The number of halogens is 2. The average molecular weight is 396 g/mol. The molecule has 1 aromatic rings. The number of fused-ring (bicyclic) bond motifs is 3. The molecule has 2 atom stereocenters. The molecular formula is C18H18Cl2Zr. The van der Waals surface area contributed by atoms with Crippen LogP contribution in [0.5, 0.6) is 0 Å². The first-order chi connectivity index (χ1) is 9.24. The molecule has 4 rings (SSSR count). The molecule has 0 radical (unpaired) electrons. The Kier molecular flexibility index (Phi) is 5.40. The van der Waals surface area contributed by atoms with Crippen LogP contribution in [0, 0.1) is 5.92 Å². The van der Waals surface area contributed by atoms with Crippen LogP contribution in [0.2, 0.25) is 0 Å². The van der Waals surface area contributed by atoms with Crippen LogP contribution in [0.25, 0.3) is 6.08 Å². The molecule has 1 aliphatic heterocycles. The Balaban J connectivity index is 0.000000807. The second-order valence-corrected chi connectivity index (χ2v) is 9.41. The minimum atomic E-state index is -0.519. The van der Waals surface area contributed by atoms with E-state index in [1.54, 1.807) is 22.3 Å². The van der Waals surface area contributed by atoms with Crippen LogP contribution in [-0.2, 0) is 23.2 Å². The van der Waals surface area contributed by atoms with Gasteiger partial charge in [-0.2, -0.15) is 0 Å². The van der Waals surface area contributed by atoms with E-state index in [1.165, 1.54) is 18.4 Å². The van der Waals surface area contributed by atoms with E-state index in [-0.39, 0.29) is 24.8 Å². The Bertz CT molecular complexity index is 655. The molecule has 0 saturated carbocycles. The summed E-state index contributed by atoms with van der Waals surface area (Å²) in [6.45, 7) is 4.73. The zero-order chi connectivity index (χ0) is 13.0. The fourth-order valence-electron chi connectivity index (χ4n) is 3.80. The van der Waals surface area contributed by atoms with E-state index in [1.807, 2.05) is 3.28 Å². The number of benzene rings is 1. The molecule has 0 spiro atoms. The van der Waals surface area contributed by atoms with Gasteiger partial charge in [0.1, 0.15) is 0 Å².